The molecule has 0 bridgehead atoms. The number of benzene rings is 1. The van der Waals surface area contributed by atoms with Gasteiger partial charge >= 0.3 is 0 Å². The van der Waals surface area contributed by atoms with Crippen LogP contribution in [0.3, 0.4) is 0 Å². The number of ether oxygens (including phenoxy) is 2. The van der Waals surface area contributed by atoms with Gasteiger partial charge < -0.3 is 28.3 Å². The summed E-state index contributed by atoms with van der Waals surface area (Å²) in [5.74, 6) is 2.39. The monoisotopic (exact) mass is 379 g/mol. The lowest BCUT2D eigenvalue weighted by atomic mass is 10.1. The van der Waals surface area contributed by atoms with Gasteiger partial charge in [0.05, 0.1) is 12.8 Å². The summed E-state index contributed by atoms with van der Waals surface area (Å²) in [6, 6.07) is 12.2. The van der Waals surface area contributed by atoms with Crippen molar-refractivity contribution in [1.82, 2.24) is 15.6 Å². The van der Waals surface area contributed by atoms with Gasteiger partial charge in [0.25, 0.3) is 5.91 Å². The van der Waals surface area contributed by atoms with E-state index >= 15 is 0 Å². The summed E-state index contributed by atoms with van der Waals surface area (Å²) in [6.07, 6.45) is 1.51. The first kappa shape index (κ1) is 16.2. The van der Waals surface area contributed by atoms with Crippen LogP contribution in [0.5, 0.6) is 11.5 Å². The Morgan fingerprint density at radius 2 is 1.86 bits per heavy atom. The van der Waals surface area contributed by atoms with Gasteiger partial charge in [-0.1, -0.05) is 10.3 Å². The highest BCUT2D eigenvalue weighted by Gasteiger charge is 2.17. The molecule has 1 aliphatic rings. The number of carbonyl (C=O) groups is 1. The van der Waals surface area contributed by atoms with Crippen LogP contribution >= 0.6 is 0 Å². The molecule has 1 N–H and O–H groups in total. The molecular formula is C19H13N3O6. The molecule has 28 heavy (non-hydrogen) atoms. The number of hydrogen-bond acceptors (Lipinski definition) is 8. The summed E-state index contributed by atoms with van der Waals surface area (Å²) in [4.78, 5) is 12.3. The van der Waals surface area contributed by atoms with Crippen LogP contribution in [0, 0.1) is 0 Å². The van der Waals surface area contributed by atoms with Crippen LogP contribution in [0.1, 0.15) is 16.2 Å². The van der Waals surface area contributed by atoms with E-state index in [4.69, 9.17) is 22.9 Å². The van der Waals surface area contributed by atoms with E-state index in [9.17, 15) is 4.79 Å². The van der Waals surface area contributed by atoms with Gasteiger partial charge in [-0.25, -0.2) is 0 Å². The third kappa shape index (κ3) is 2.98. The SMILES string of the molecule is O=C(NCc1cc(-c2ccc3c(c2)OCO3)on1)c1cc(-c2ccco2)on1. The van der Waals surface area contributed by atoms with Crippen molar-refractivity contribution in [2.45, 2.75) is 6.54 Å². The molecule has 0 fully saturated rings. The number of furan rings is 1. The average molecular weight is 379 g/mol. The van der Waals surface area contributed by atoms with E-state index in [-0.39, 0.29) is 19.0 Å². The Kier molecular flexibility index (Phi) is 3.82. The zero-order chi connectivity index (χ0) is 18.9. The largest absolute Gasteiger partial charge is 0.461 e. The Balaban J connectivity index is 1.24. The zero-order valence-electron chi connectivity index (χ0n) is 14.4. The van der Waals surface area contributed by atoms with E-state index in [1.807, 2.05) is 18.2 Å². The molecule has 9 heteroatoms. The van der Waals surface area contributed by atoms with Crippen molar-refractivity contribution >= 4 is 5.91 Å². The molecule has 4 aromatic rings. The Hall–Kier alpha value is -4.01. The molecule has 1 amide bonds. The van der Waals surface area contributed by atoms with Crippen molar-refractivity contribution in [3.8, 4) is 34.3 Å². The average Bonchev–Trinajstić information content (AvgIpc) is 3.51. The quantitative estimate of drug-likeness (QED) is 0.562. The molecule has 140 valence electrons. The number of rotatable bonds is 5. The Morgan fingerprint density at radius 3 is 2.75 bits per heavy atom. The summed E-state index contributed by atoms with van der Waals surface area (Å²) < 4.78 is 26.3. The second-order valence-electron chi connectivity index (χ2n) is 5.99. The second kappa shape index (κ2) is 6.62. The fourth-order valence-electron chi connectivity index (χ4n) is 2.76. The van der Waals surface area contributed by atoms with Gasteiger partial charge in [-0.15, -0.1) is 0 Å². The van der Waals surface area contributed by atoms with E-state index in [0.29, 0.717) is 34.5 Å². The molecule has 0 saturated heterocycles. The minimum atomic E-state index is -0.394. The molecule has 0 atom stereocenters. The fraction of sp³-hybridized carbons (Fsp3) is 0.105. The molecular weight excluding hydrogens is 366 g/mol. The molecule has 9 nitrogen and oxygen atoms in total. The van der Waals surface area contributed by atoms with Gasteiger partial charge in [-0.2, -0.15) is 0 Å². The van der Waals surface area contributed by atoms with Crippen molar-refractivity contribution in [1.29, 1.82) is 0 Å². The number of aromatic nitrogens is 2. The van der Waals surface area contributed by atoms with Crippen molar-refractivity contribution < 1.29 is 27.7 Å². The first-order valence-electron chi connectivity index (χ1n) is 8.41. The number of carbonyl (C=O) groups excluding carboxylic acids is 1. The number of nitrogens with zero attached hydrogens (tertiary/aromatic N) is 2. The molecule has 0 unspecified atom stereocenters. The smallest absolute Gasteiger partial charge is 0.273 e. The van der Waals surface area contributed by atoms with E-state index in [2.05, 4.69) is 15.6 Å². The van der Waals surface area contributed by atoms with Gasteiger partial charge in [-0.3, -0.25) is 4.79 Å². The Bertz CT molecular complexity index is 1130. The molecule has 1 aromatic carbocycles. The van der Waals surface area contributed by atoms with Crippen LogP contribution in [-0.4, -0.2) is 23.0 Å². The second-order valence-corrected chi connectivity index (χ2v) is 5.99. The summed E-state index contributed by atoms with van der Waals surface area (Å²) in [7, 11) is 0. The van der Waals surface area contributed by atoms with Gasteiger partial charge in [0.2, 0.25) is 12.6 Å². The molecule has 4 heterocycles. The van der Waals surface area contributed by atoms with Crippen molar-refractivity contribution in [2.75, 3.05) is 6.79 Å². The number of nitrogens with one attached hydrogen (secondary N) is 1. The van der Waals surface area contributed by atoms with E-state index in [1.165, 1.54) is 12.3 Å². The summed E-state index contributed by atoms with van der Waals surface area (Å²) >= 11 is 0. The molecule has 3 aromatic heterocycles. The predicted molar refractivity (Wildman–Crippen MR) is 93.4 cm³/mol. The van der Waals surface area contributed by atoms with Crippen LogP contribution < -0.4 is 14.8 Å². The summed E-state index contributed by atoms with van der Waals surface area (Å²) in [6.45, 7) is 0.381. The van der Waals surface area contributed by atoms with Crippen molar-refractivity contribution in [3.05, 3.63) is 60.1 Å². The van der Waals surface area contributed by atoms with E-state index in [0.717, 1.165) is 5.56 Å². The lowest BCUT2D eigenvalue weighted by molar-refractivity contribution is 0.0941. The molecule has 0 spiro atoms. The summed E-state index contributed by atoms with van der Waals surface area (Å²) in [5, 5.41) is 10.5. The highest BCUT2D eigenvalue weighted by Crippen LogP contribution is 2.36. The molecule has 5 rings (SSSR count). The normalized spacial score (nSPS) is 12.3. The van der Waals surface area contributed by atoms with Crippen LogP contribution in [0.25, 0.3) is 22.8 Å². The number of amides is 1. The van der Waals surface area contributed by atoms with Crippen LogP contribution in [0.15, 0.2) is 62.2 Å². The summed E-state index contributed by atoms with van der Waals surface area (Å²) in [5.41, 5.74) is 1.51. The third-order valence-electron chi connectivity index (χ3n) is 4.15. The minimum Gasteiger partial charge on any atom is -0.461 e. The third-order valence-corrected chi connectivity index (χ3v) is 4.15. The Morgan fingerprint density at radius 1 is 0.964 bits per heavy atom. The van der Waals surface area contributed by atoms with Crippen molar-refractivity contribution in [2.24, 2.45) is 0 Å². The first-order chi connectivity index (χ1) is 13.8. The maximum atomic E-state index is 12.3. The number of fused-ring (bicyclic) bond motifs is 1. The highest BCUT2D eigenvalue weighted by atomic mass is 16.7. The minimum absolute atomic E-state index is 0.144. The zero-order valence-corrected chi connectivity index (χ0v) is 14.4. The molecule has 1 aliphatic heterocycles. The molecule has 0 radical (unpaired) electrons. The van der Waals surface area contributed by atoms with Crippen LogP contribution in [0.2, 0.25) is 0 Å². The molecule has 0 saturated carbocycles. The standard InChI is InChI=1S/C19H13N3O6/c23-19(13-8-18(28-22-13)14-2-1-5-24-14)20-9-12-7-16(27-21-12)11-3-4-15-17(6-11)26-10-25-15/h1-8H,9-10H2,(H,20,23). The molecule has 0 aliphatic carbocycles. The maximum Gasteiger partial charge on any atom is 0.273 e. The highest BCUT2D eigenvalue weighted by molar-refractivity contribution is 5.92. The first-order valence-corrected chi connectivity index (χ1v) is 8.41. The predicted octanol–water partition coefficient (Wildman–Crippen LogP) is 3.25. The fourth-order valence-corrected chi connectivity index (χ4v) is 2.76. The Labute approximate surface area is 157 Å². The van der Waals surface area contributed by atoms with Gasteiger partial charge in [0.15, 0.2) is 28.7 Å². The number of hydrogen-bond donors (Lipinski definition) is 1. The van der Waals surface area contributed by atoms with Gasteiger partial charge in [-0.05, 0) is 30.3 Å². The van der Waals surface area contributed by atoms with Crippen LogP contribution in [-0.2, 0) is 6.54 Å². The topological polar surface area (TPSA) is 113 Å². The van der Waals surface area contributed by atoms with Gasteiger partial charge in [0.1, 0.15) is 5.69 Å². The van der Waals surface area contributed by atoms with Crippen molar-refractivity contribution in [3.63, 3.8) is 0 Å². The van der Waals surface area contributed by atoms with E-state index in [1.54, 1.807) is 18.2 Å². The maximum absolute atomic E-state index is 12.3. The van der Waals surface area contributed by atoms with E-state index < -0.39 is 5.91 Å². The van der Waals surface area contributed by atoms with Crippen LogP contribution in [0.4, 0.5) is 0 Å². The lowest BCUT2D eigenvalue weighted by Gasteiger charge is -1.98. The van der Waals surface area contributed by atoms with Gasteiger partial charge in [0, 0.05) is 17.7 Å². The lowest BCUT2D eigenvalue weighted by Crippen LogP contribution is -2.23.